The molecule has 0 aliphatic carbocycles. The Kier molecular flexibility index (Phi) is 3.90. The molecule has 2 aromatic carbocycles. The maximum atomic E-state index is 8.93. The van der Waals surface area contributed by atoms with Gasteiger partial charge >= 0.3 is 0 Å². The second-order valence-corrected chi connectivity index (χ2v) is 5.28. The fourth-order valence-electron chi connectivity index (χ4n) is 1.65. The van der Waals surface area contributed by atoms with Crippen molar-refractivity contribution in [2.24, 2.45) is 0 Å². The maximum Gasteiger partial charge on any atom is 0.0992 e. The van der Waals surface area contributed by atoms with Crippen LogP contribution in [0.3, 0.4) is 0 Å². The molecule has 0 spiro atoms. The second-order valence-electron chi connectivity index (χ2n) is 3.92. The Hall–Kier alpha value is -1.50. The van der Waals surface area contributed by atoms with Gasteiger partial charge < -0.3 is 5.32 Å². The summed E-state index contributed by atoms with van der Waals surface area (Å²) in [7, 11) is 0. The molecule has 90 valence electrons. The van der Waals surface area contributed by atoms with E-state index in [0.29, 0.717) is 10.6 Å². The van der Waals surface area contributed by atoms with E-state index in [0.717, 1.165) is 21.4 Å². The lowest BCUT2D eigenvalue weighted by Crippen LogP contribution is -1.93. The van der Waals surface area contributed by atoms with Crippen molar-refractivity contribution in [1.82, 2.24) is 0 Å². The molecule has 1 N–H and O–H groups in total. The summed E-state index contributed by atoms with van der Waals surface area (Å²) in [6, 6.07) is 13.3. The molecule has 0 aliphatic rings. The SMILES string of the molecule is Cc1cc(Cl)ccc1Nc1cc(Br)cc(C#N)c1. The molecule has 0 saturated carbocycles. The first kappa shape index (κ1) is 12.9. The van der Waals surface area contributed by atoms with Crippen LogP contribution in [0.15, 0.2) is 40.9 Å². The van der Waals surface area contributed by atoms with Gasteiger partial charge in [0.25, 0.3) is 0 Å². The Bertz CT molecular complexity index is 632. The van der Waals surface area contributed by atoms with Gasteiger partial charge in [0.2, 0.25) is 0 Å². The van der Waals surface area contributed by atoms with Crippen LogP contribution in [0.4, 0.5) is 11.4 Å². The minimum Gasteiger partial charge on any atom is -0.355 e. The van der Waals surface area contributed by atoms with E-state index in [2.05, 4.69) is 27.3 Å². The van der Waals surface area contributed by atoms with Gasteiger partial charge in [-0.25, -0.2) is 0 Å². The Morgan fingerprint density at radius 1 is 1.22 bits per heavy atom. The zero-order chi connectivity index (χ0) is 13.1. The van der Waals surface area contributed by atoms with Gasteiger partial charge in [0, 0.05) is 20.9 Å². The summed E-state index contributed by atoms with van der Waals surface area (Å²) >= 11 is 9.30. The van der Waals surface area contributed by atoms with Crippen molar-refractivity contribution in [2.75, 3.05) is 5.32 Å². The summed E-state index contributed by atoms with van der Waals surface area (Å²) in [5.74, 6) is 0. The monoisotopic (exact) mass is 320 g/mol. The summed E-state index contributed by atoms with van der Waals surface area (Å²) < 4.78 is 0.871. The van der Waals surface area contributed by atoms with Crippen LogP contribution in [-0.2, 0) is 0 Å². The first-order chi connectivity index (χ1) is 8.58. The molecule has 0 heterocycles. The standard InChI is InChI=1S/C14H10BrClN2/c1-9-4-12(16)2-3-14(9)18-13-6-10(8-17)5-11(15)7-13/h2-7,18H,1H3. The molecule has 0 fully saturated rings. The summed E-state index contributed by atoms with van der Waals surface area (Å²) in [6.45, 7) is 1.98. The summed E-state index contributed by atoms with van der Waals surface area (Å²) in [5.41, 5.74) is 3.51. The third kappa shape index (κ3) is 3.04. The van der Waals surface area contributed by atoms with Gasteiger partial charge in [-0.1, -0.05) is 27.5 Å². The number of rotatable bonds is 2. The van der Waals surface area contributed by atoms with Crippen LogP contribution in [0.25, 0.3) is 0 Å². The number of aryl methyl sites for hydroxylation is 1. The van der Waals surface area contributed by atoms with E-state index in [1.807, 2.05) is 31.2 Å². The van der Waals surface area contributed by atoms with Crippen molar-refractivity contribution in [3.63, 3.8) is 0 Å². The lowest BCUT2D eigenvalue weighted by Gasteiger charge is -2.10. The molecule has 0 amide bonds. The molecule has 4 heteroatoms. The Morgan fingerprint density at radius 3 is 2.67 bits per heavy atom. The molecule has 0 aromatic heterocycles. The van der Waals surface area contributed by atoms with Crippen LogP contribution >= 0.6 is 27.5 Å². The van der Waals surface area contributed by atoms with Crippen molar-refractivity contribution in [2.45, 2.75) is 6.92 Å². The summed E-state index contributed by atoms with van der Waals surface area (Å²) in [6.07, 6.45) is 0. The molecule has 0 aliphatic heterocycles. The molecule has 0 radical (unpaired) electrons. The highest BCUT2D eigenvalue weighted by Crippen LogP contribution is 2.26. The molecular weight excluding hydrogens is 312 g/mol. The van der Waals surface area contributed by atoms with Crippen molar-refractivity contribution in [1.29, 1.82) is 5.26 Å². The first-order valence-electron chi connectivity index (χ1n) is 5.32. The van der Waals surface area contributed by atoms with E-state index in [1.54, 1.807) is 12.1 Å². The van der Waals surface area contributed by atoms with Crippen molar-refractivity contribution >= 4 is 38.9 Å². The fraction of sp³-hybridized carbons (Fsp3) is 0.0714. The van der Waals surface area contributed by atoms with Crippen LogP contribution in [0.5, 0.6) is 0 Å². The number of nitrogens with one attached hydrogen (secondary N) is 1. The Balaban J connectivity index is 2.34. The van der Waals surface area contributed by atoms with E-state index >= 15 is 0 Å². The van der Waals surface area contributed by atoms with Crippen molar-refractivity contribution in [3.05, 3.63) is 57.0 Å². The first-order valence-corrected chi connectivity index (χ1v) is 6.49. The summed E-state index contributed by atoms with van der Waals surface area (Å²) in [5, 5.41) is 12.9. The third-order valence-corrected chi connectivity index (χ3v) is 3.19. The van der Waals surface area contributed by atoms with Crippen LogP contribution < -0.4 is 5.32 Å². The molecule has 0 saturated heterocycles. The molecule has 2 aromatic rings. The average Bonchev–Trinajstić information content (AvgIpc) is 2.32. The quantitative estimate of drug-likeness (QED) is 0.842. The lowest BCUT2D eigenvalue weighted by molar-refractivity contribution is 1.42. The molecule has 0 bridgehead atoms. The second kappa shape index (κ2) is 5.43. The molecular formula is C14H10BrClN2. The van der Waals surface area contributed by atoms with Gasteiger partial charge in [-0.15, -0.1) is 0 Å². The maximum absolute atomic E-state index is 8.93. The highest BCUT2D eigenvalue weighted by Gasteiger charge is 2.02. The third-order valence-electron chi connectivity index (χ3n) is 2.49. The molecule has 18 heavy (non-hydrogen) atoms. The van der Waals surface area contributed by atoms with Gasteiger partial charge in [-0.3, -0.25) is 0 Å². The lowest BCUT2D eigenvalue weighted by atomic mass is 10.1. The van der Waals surface area contributed by atoms with E-state index in [-0.39, 0.29) is 0 Å². The van der Waals surface area contributed by atoms with Gasteiger partial charge in [0.05, 0.1) is 11.6 Å². The number of nitriles is 1. The topological polar surface area (TPSA) is 35.8 Å². The van der Waals surface area contributed by atoms with Crippen LogP contribution in [-0.4, -0.2) is 0 Å². The number of nitrogens with zero attached hydrogens (tertiary/aromatic N) is 1. The van der Waals surface area contributed by atoms with E-state index in [9.17, 15) is 0 Å². The number of benzene rings is 2. The van der Waals surface area contributed by atoms with Crippen LogP contribution in [0, 0.1) is 18.3 Å². The zero-order valence-electron chi connectivity index (χ0n) is 9.67. The smallest absolute Gasteiger partial charge is 0.0992 e. The number of hydrogen-bond acceptors (Lipinski definition) is 2. The van der Waals surface area contributed by atoms with E-state index in [1.165, 1.54) is 0 Å². The number of halogens is 2. The minimum absolute atomic E-state index is 0.610. The Labute approximate surface area is 119 Å². The fourth-order valence-corrected chi connectivity index (χ4v) is 2.37. The van der Waals surface area contributed by atoms with Crippen molar-refractivity contribution < 1.29 is 0 Å². The highest BCUT2D eigenvalue weighted by atomic mass is 79.9. The van der Waals surface area contributed by atoms with E-state index < -0.39 is 0 Å². The molecule has 2 rings (SSSR count). The number of anilines is 2. The van der Waals surface area contributed by atoms with Gasteiger partial charge in [0.1, 0.15) is 0 Å². The largest absolute Gasteiger partial charge is 0.355 e. The van der Waals surface area contributed by atoms with Crippen LogP contribution in [0.2, 0.25) is 5.02 Å². The molecule has 2 nitrogen and oxygen atoms in total. The molecule has 0 atom stereocenters. The van der Waals surface area contributed by atoms with Crippen molar-refractivity contribution in [3.8, 4) is 6.07 Å². The van der Waals surface area contributed by atoms with Gasteiger partial charge in [0.15, 0.2) is 0 Å². The van der Waals surface area contributed by atoms with Crippen LogP contribution in [0.1, 0.15) is 11.1 Å². The zero-order valence-corrected chi connectivity index (χ0v) is 12.0. The average molecular weight is 322 g/mol. The predicted octanol–water partition coefficient (Wildman–Crippen LogP) is 5.03. The van der Waals surface area contributed by atoms with Gasteiger partial charge in [-0.2, -0.15) is 5.26 Å². The Morgan fingerprint density at radius 2 is 2.00 bits per heavy atom. The highest BCUT2D eigenvalue weighted by molar-refractivity contribution is 9.10. The molecule has 0 unspecified atom stereocenters. The summed E-state index contributed by atoms with van der Waals surface area (Å²) in [4.78, 5) is 0. The number of hydrogen-bond donors (Lipinski definition) is 1. The van der Waals surface area contributed by atoms with E-state index in [4.69, 9.17) is 16.9 Å². The van der Waals surface area contributed by atoms with Gasteiger partial charge in [-0.05, 0) is 48.9 Å². The minimum atomic E-state index is 0.610. The predicted molar refractivity (Wildman–Crippen MR) is 78.3 cm³/mol. The normalized spacial score (nSPS) is 9.89.